The van der Waals surface area contributed by atoms with Crippen LogP contribution in [0.2, 0.25) is 0 Å². The van der Waals surface area contributed by atoms with Crippen LogP contribution < -0.4 is 4.90 Å². The molecule has 0 aromatic carbocycles. The third-order valence-electron chi connectivity index (χ3n) is 3.40. The molecule has 0 aliphatic heterocycles. The molecule has 1 heterocycles. The van der Waals surface area contributed by atoms with E-state index in [2.05, 4.69) is 4.98 Å². The minimum Gasteiger partial charge on any atom is -0.301 e. The summed E-state index contributed by atoms with van der Waals surface area (Å²) in [6.07, 6.45) is 7.68. The Morgan fingerprint density at radius 3 is 2.72 bits per heavy atom. The lowest BCUT2D eigenvalue weighted by Gasteiger charge is -2.27. The average Bonchev–Trinajstić information content (AvgIpc) is 2.46. The Morgan fingerprint density at radius 1 is 1.33 bits per heavy atom. The molecule has 1 fully saturated rings. The summed E-state index contributed by atoms with van der Waals surface area (Å²) in [4.78, 5) is 28.8. The van der Waals surface area contributed by atoms with E-state index < -0.39 is 0 Å². The Kier molecular flexibility index (Phi) is 4.45. The molecule has 0 unspecified atom stereocenters. The number of rotatable bonds is 4. The third-order valence-corrected chi connectivity index (χ3v) is 3.40. The summed E-state index contributed by atoms with van der Waals surface area (Å²) in [5, 5.41) is 0. The lowest BCUT2D eigenvalue weighted by atomic mass is 9.88. The highest BCUT2D eigenvalue weighted by Crippen LogP contribution is 2.26. The number of aromatic nitrogens is 1. The predicted octanol–water partition coefficient (Wildman–Crippen LogP) is 2.19. The second kappa shape index (κ2) is 6.28. The fourth-order valence-electron chi connectivity index (χ4n) is 2.45. The van der Waals surface area contributed by atoms with E-state index in [0.717, 1.165) is 32.0 Å². The van der Waals surface area contributed by atoms with Gasteiger partial charge in [0.05, 0.1) is 6.54 Å². The molecule has 0 saturated heterocycles. The van der Waals surface area contributed by atoms with Gasteiger partial charge in [0.2, 0.25) is 5.91 Å². The van der Waals surface area contributed by atoms with Gasteiger partial charge in [-0.15, -0.1) is 0 Å². The maximum absolute atomic E-state index is 12.4. The Labute approximate surface area is 107 Å². The number of carbonyl (C=O) groups is 2. The maximum atomic E-state index is 12.4. The van der Waals surface area contributed by atoms with Gasteiger partial charge in [-0.1, -0.05) is 25.3 Å². The van der Waals surface area contributed by atoms with Gasteiger partial charge in [0.25, 0.3) is 0 Å². The van der Waals surface area contributed by atoms with E-state index in [1.807, 2.05) is 6.07 Å². The molecule has 0 atom stereocenters. The summed E-state index contributed by atoms with van der Waals surface area (Å²) >= 11 is 0. The molecule has 0 spiro atoms. The van der Waals surface area contributed by atoms with Crippen LogP contribution in [-0.4, -0.2) is 23.7 Å². The number of hydrogen-bond donors (Lipinski definition) is 0. The van der Waals surface area contributed by atoms with E-state index in [0.29, 0.717) is 5.82 Å². The van der Waals surface area contributed by atoms with Gasteiger partial charge >= 0.3 is 0 Å². The molecule has 1 aromatic rings. The van der Waals surface area contributed by atoms with Crippen LogP contribution in [0.1, 0.15) is 32.1 Å². The highest BCUT2D eigenvalue weighted by Gasteiger charge is 2.27. The average molecular weight is 246 g/mol. The monoisotopic (exact) mass is 246 g/mol. The number of nitrogens with zero attached hydrogens (tertiary/aromatic N) is 2. The first-order chi connectivity index (χ1) is 8.83. The van der Waals surface area contributed by atoms with Crippen molar-refractivity contribution in [1.82, 2.24) is 4.98 Å². The van der Waals surface area contributed by atoms with Crippen LogP contribution in [0.4, 0.5) is 5.82 Å². The van der Waals surface area contributed by atoms with Gasteiger partial charge < -0.3 is 4.79 Å². The quantitative estimate of drug-likeness (QED) is 0.765. The summed E-state index contributed by atoms with van der Waals surface area (Å²) in [5.74, 6) is 0.668. The van der Waals surface area contributed by atoms with Crippen LogP contribution in [-0.2, 0) is 9.59 Å². The van der Waals surface area contributed by atoms with Gasteiger partial charge in [-0.3, -0.25) is 9.69 Å². The molecule has 2 rings (SSSR count). The van der Waals surface area contributed by atoms with E-state index in [1.54, 1.807) is 18.3 Å². The van der Waals surface area contributed by atoms with Crippen molar-refractivity contribution in [1.29, 1.82) is 0 Å². The molecule has 1 aromatic heterocycles. The molecule has 0 radical (unpaired) electrons. The van der Waals surface area contributed by atoms with Crippen LogP contribution in [0.25, 0.3) is 0 Å². The summed E-state index contributed by atoms with van der Waals surface area (Å²) < 4.78 is 0. The molecule has 4 heteroatoms. The number of amides is 1. The first-order valence-electron chi connectivity index (χ1n) is 6.49. The molecule has 4 nitrogen and oxygen atoms in total. The van der Waals surface area contributed by atoms with E-state index in [4.69, 9.17) is 0 Å². The molecule has 1 amide bonds. The molecule has 1 saturated carbocycles. The van der Waals surface area contributed by atoms with Crippen molar-refractivity contribution < 1.29 is 9.59 Å². The van der Waals surface area contributed by atoms with E-state index in [1.165, 1.54) is 11.3 Å². The Morgan fingerprint density at radius 2 is 2.11 bits per heavy atom. The largest absolute Gasteiger partial charge is 0.301 e. The van der Waals surface area contributed by atoms with Crippen molar-refractivity contribution in [2.45, 2.75) is 32.1 Å². The summed E-state index contributed by atoms with van der Waals surface area (Å²) in [6.45, 7) is 0.0896. The topological polar surface area (TPSA) is 50.3 Å². The van der Waals surface area contributed by atoms with E-state index >= 15 is 0 Å². The van der Waals surface area contributed by atoms with Crippen LogP contribution in [0.15, 0.2) is 24.4 Å². The summed E-state index contributed by atoms with van der Waals surface area (Å²) in [6, 6.07) is 5.40. The smallest absolute Gasteiger partial charge is 0.231 e. The van der Waals surface area contributed by atoms with Gasteiger partial charge in [0, 0.05) is 12.1 Å². The predicted molar refractivity (Wildman–Crippen MR) is 69.2 cm³/mol. The van der Waals surface area contributed by atoms with Gasteiger partial charge in [-0.2, -0.15) is 0 Å². The molecule has 0 bridgehead atoms. The van der Waals surface area contributed by atoms with Crippen molar-refractivity contribution in [2.75, 3.05) is 11.4 Å². The first kappa shape index (κ1) is 12.7. The van der Waals surface area contributed by atoms with Gasteiger partial charge in [0.15, 0.2) is 0 Å². The van der Waals surface area contributed by atoms with Gasteiger partial charge in [-0.05, 0) is 25.0 Å². The Balaban J connectivity index is 2.14. The zero-order chi connectivity index (χ0) is 12.8. The molecule has 96 valence electrons. The summed E-state index contributed by atoms with van der Waals surface area (Å²) in [7, 11) is 0. The molecular formula is C14H18N2O2. The van der Waals surface area contributed by atoms with Crippen molar-refractivity contribution >= 4 is 18.0 Å². The van der Waals surface area contributed by atoms with Crippen molar-refractivity contribution in [3.63, 3.8) is 0 Å². The molecule has 1 aliphatic carbocycles. The van der Waals surface area contributed by atoms with Gasteiger partial charge in [-0.25, -0.2) is 4.98 Å². The first-order valence-corrected chi connectivity index (χ1v) is 6.49. The van der Waals surface area contributed by atoms with Crippen LogP contribution in [0, 0.1) is 5.92 Å². The number of hydrogen-bond acceptors (Lipinski definition) is 3. The molecular weight excluding hydrogens is 228 g/mol. The fraction of sp³-hybridized carbons (Fsp3) is 0.500. The molecule has 0 N–H and O–H groups in total. The SMILES string of the molecule is O=CCN(C(=O)C1CCCCC1)c1ccccn1. The van der Waals surface area contributed by atoms with Crippen LogP contribution >= 0.6 is 0 Å². The Hall–Kier alpha value is -1.71. The van der Waals surface area contributed by atoms with Crippen molar-refractivity contribution in [3.8, 4) is 0 Å². The lowest BCUT2D eigenvalue weighted by molar-refractivity contribution is -0.124. The fourth-order valence-corrected chi connectivity index (χ4v) is 2.45. The van der Waals surface area contributed by atoms with E-state index in [9.17, 15) is 9.59 Å². The second-order valence-electron chi connectivity index (χ2n) is 4.64. The minimum atomic E-state index is 0.0421. The van der Waals surface area contributed by atoms with Crippen LogP contribution in [0.3, 0.4) is 0 Å². The molecule has 18 heavy (non-hydrogen) atoms. The second-order valence-corrected chi connectivity index (χ2v) is 4.64. The third kappa shape index (κ3) is 2.94. The zero-order valence-corrected chi connectivity index (χ0v) is 10.4. The minimum absolute atomic E-state index is 0.0421. The van der Waals surface area contributed by atoms with E-state index in [-0.39, 0.29) is 18.4 Å². The number of carbonyl (C=O) groups excluding carboxylic acids is 2. The Bertz CT molecular complexity index is 400. The zero-order valence-electron chi connectivity index (χ0n) is 10.4. The highest BCUT2D eigenvalue weighted by atomic mass is 16.2. The number of pyridine rings is 1. The van der Waals surface area contributed by atoms with Gasteiger partial charge in [0.1, 0.15) is 12.1 Å². The number of anilines is 1. The number of aldehydes is 1. The van der Waals surface area contributed by atoms with Crippen molar-refractivity contribution in [3.05, 3.63) is 24.4 Å². The van der Waals surface area contributed by atoms with Crippen molar-refractivity contribution in [2.24, 2.45) is 5.92 Å². The molecule has 1 aliphatic rings. The summed E-state index contributed by atoms with van der Waals surface area (Å²) in [5.41, 5.74) is 0. The lowest BCUT2D eigenvalue weighted by Crippen LogP contribution is -2.38. The standard InChI is InChI=1S/C14H18N2O2/c17-11-10-16(13-8-4-5-9-15-13)14(18)12-6-2-1-3-7-12/h4-5,8-9,11-12H,1-3,6-7,10H2. The maximum Gasteiger partial charge on any atom is 0.231 e. The van der Waals surface area contributed by atoms with Crippen LogP contribution in [0.5, 0.6) is 0 Å². The normalized spacial score (nSPS) is 16.2. The highest BCUT2D eigenvalue weighted by molar-refractivity contribution is 5.96.